The van der Waals surface area contributed by atoms with Crippen molar-refractivity contribution in [1.82, 2.24) is 5.32 Å². The first-order valence-corrected chi connectivity index (χ1v) is 7.22. The van der Waals surface area contributed by atoms with Crippen molar-refractivity contribution < 1.29 is 14.3 Å². The van der Waals surface area contributed by atoms with Crippen molar-refractivity contribution in [2.45, 2.75) is 26.7 Å². The van der Waals surface area contributed by atoms with Crippen LogP contribution in [0.2, 0.25) is 0 Å². The van der Waals surface area contributed by atoms with Crippen molar-refractivity contribution in [3.63, 3.8) is 0 Å². The van der Waals surface area contributed by atoms with Crippen LogP contribution in [0.5, 0.6) is 0 Å². The molecule has 0 radical (unpaired) electrons. The lowest BCUT2D eigenvalue weighted by Gasteiger charge is -2.08. The first-order valence-electron chi connectivity index (χ1n) is 7.22. The quantitative estimate of drug-likeness (QED) is 0.570. The molecule has 5 heteroatoms. The average Bonchev–Trinajstić information content (AvgIpc) is 2.46. The number of nitrogens with one attached hydrogen (secondary N) is 2. The molecule has 1 rings (SSSR count). The number of ether oxygens (including phenoxy) is 1. The standard InChI is InChI=1S/C16H24N2O3/c1-12(2)8-10-17-11-9-15(19)18-14-6-4-13(5-7-14)16(20)21-3/h4-7,12,17H,8-11H2,1-3H3,(H,18,19). The predicted octanol–water partition coefficient (Wildman–Crippen LogP) is 2.44. The number of hydrogen-bond acceptors (Lipinski definition) is 4. The van der Waals surface area contributed by atoms with Crippen molar-refractivity contribution in [2.75, 3.05) is 25.5 Å². The number of methoxy groups -OCH3 is 1. The Balaban J connectivity index is 2.29. The van der Waals surface area contributed by atoms with Crippen LogP contribution >= 0.6 is 0 Å². The maximum absolute atomic E-state index is 11.7. The van der Waals surface area contributed by atoms with Crippen molar-refractivity contribution in [3.05, 3.63) is 29.8 Å². The maximum Gasteiger partial charge on any atom is 0.337 e. The SMILES string of the molecule is COC(=O)c1ccc(NC(=O)CCNCCC(C)C)cc1. The summed E-state index contributed by atoms with van der Waals surface area (Å²) in [7, 11) is 1.34. The summed E-state index contributed by atoms with van der Waals surface area (Å²) in [6, 6.07) is 6.64. The van der Waals surface area contributed by atoms with Gasteiger partial charge in [-0.15, -0.1) is 0 Å². The molecule has 1 aromatic carbocycles. The Bertz CT molecular complexity index is 455. The summed E-state index contributed by atoms with van der Waals surface area (Å²) in [6.45, 7) is 5.94. The monoisotopic (exact) mass is 292 g/mol. The molecule has 1 aromatic rings. The highest BCUT2D eigenvalue weighted by Gasteiger charge is 2.06. The third-order valence-electron chi connectivity index (χ3n) is 3.02. The van der Waals surface area contributed by atoms with Gasteiger partial charge in [0.1, 0.15) is 0 Å². The van der Waals surface area contributed by atoms with E-state index in [1.165, 1.54) is 7.11 Å². The number of carbonyl (C=O) groups excluding carboxylic acids is 2. The molecule has 0 fully saturated rings. The molecule has 0 atom stereocenters. The summed E-state index contributed by atoms with van der Waals surface area (Å²) < 4.78 is 4.62. The Hall–Kier alpha value is -1.88. The fourth-order valence-electron chi connectivity index (χ4n) is 1.75. The molecule has 1 amide bonds. The van der Waals surface area contributed by atoms with Crippen LogP contribution in [0.3, 0.4) is 0 Å². The summed E-state index contributed by atoms with van der Waals surface area (Å²) in [5.74, 6) is 0.236. The zero-order valence-corrected chi connectivity index (χ0v) is 12.9. The number of anilines is 1. The minimum Gasteiger partial charge on any atom is -0.465 e. The van der Waals surface area contributed by atoms with Gasteiger partial charge in [-0.1, -0.05) is 13.8 Å². The number of hydrogen-bond donors (Lipinski definition) is 2. The third-order valence-corrected chi connectivity index (χ3v) is 3.02. The summed E-state index contributed by atoms with van der Waals surface area (Å²) in [6.07, 6.45) is 1.54. The van der Waals surface area contributed by atoms with E-state index in [2.05, 4.69) is 29.2 Å². The summed E-state index contributed by atoms with van der Waals surface area (Å²) >= 11 is 0. The van der Waals surface area contributed by atoms with Crippen molar-refractivity contribution in [2.24, 2.45) is 5.92 Å². The highest BCUT2D eigenvalue weighted by atomic mass is 16.5. The number of esters is 1. The van der Waals surface area contributed by atoms with Crippen LogP contribution < -0.4 is 10.6 Å². The Morgan fingerprint density at radius 1 is 1.14 bits per heavy atom. The molecule has 2 N–H and O–H groups in total. The van der Waals surface area contributed by atoms with E-state index < -0.39 is 0 Å². The topological polar surface area (TPSA) is 67.4 Å². The molecule has 0 aliphatic heterocycles. The van der Waals surface area contributed by atoms with Crippen LogP contribution in [0.15, 0.2) is 24.3 Å². The van der Waals surface area contributed by atoms with E-state index in [0.717, 1.165) is 13.0 Å². The Morgan fingerprint density at radius 2 is 1.81 bits per heavy atom. The summed E-state index contributed by atoms with van der Waals surface area (Å²) in [4.78, 5) is 23.0. The van der Waals surface area contributed by atoms with Gasteiger partial charge >= 0.3 is 5.97 Å². The molecule has 0 unspecified atom stereocenters. The van der Waals surface area contributed by atoms with Crippen LogP contribution in [-0.4, -0.2) is 32.1 Å². The van der Waals surface area contributed by atoms with E-state index >= 15 is 0 Å². The smallest absolute Gasteiger partial charge is 0.337 e. The zero-order chi connectivity index (χ0) is 15.7. The maximum atomic E-state index is 11.7. The molecular weight excluding hydrogens is 268 g/mol. The van der Waals surface area contributed by atoms with Gasteiger partial charge in [-0.25, -0.2) is 4.79 Å². The molecule has 21 heavy (non-hydrogen) atoms. The first kappa shape index (κ1) is 17.2. The van der Waals surface area contributed by atoms with Crippen LogP contribution in [0, 0.1) is 5.92 Å². The van der Waals surface area contributed by atoms with Gasteiger partial charge in [0.15, 0.2) is 0 Å². The number of amides is 1. The van der Waals surface area contributed by atoms with Gasteiger partial charge in [-0.2, -0.15) is 0 Å². The Morgan fingerprint density at radius 3 is 2.38 bits per heavy atom. The fourth-order valence-corrected chi connectivity index (χ4v) is 1.75. The Kier molecular flexibility index (Phi) is 7.46. The number of rotatable bonds is 8. The molecule has 0 bridgehead atoms. The minimum absolute atomic E-state index is 0.0436. The van der Waals surface area contributed by atoms with Crippen molar-refractivity contribution >= 4 is 17.6 Å². The second kappa shape index (κ2) is 9.13. The van der Waals surface area contributed by atoms with Gasteiger partial charge < -0.3 is 15.4 Å². The van der Waals surface area contributed by atoms with Crippen molar-refractivity contribution in [3.8, 4) is 0 Å². The normalized spacial score (nSPS) is 10.5. The molecule has 0 aromatic heterocycles. The van der Waals surface area contributed by atoms with Gasteiger partial charge in [0.05, 0.1) is 12.7 Å². The number of benzene rings is 1. The minimum atomic E-state index is -0.387. The van der Waals surface area contributed by atoms with E-state index in [9.17, 15) is 9.59 Å². The first-order chi connectivity index (χ1) is 10.0. The molecule has 0 heterocycles. The largest absolute Gasteiger partial charge is 0.465 e. The third kappa shape index (κ3) is 6.90. The van der Waals surface area contributed by atoms with Gasteiger partial charge in [-0.05, 0) is 43.1 Å². The van der Waals surface area contributed by atoms with Crippen LogP contribution in [0.1, 0.15) is 37.0 Å². The highest BCUT2D eigenvalue weighted by Crippen LogP contribution is 2.10. The molecule has 0 saturated carbocycles. The summed E-state index contributed by atoms with van der Waals surface area (Å²) in [5.41, 5.74) is 1.14. The second-order valence-electron chi connectivity index (χ2n) is 5.30. The van der Waals surface area contributed by atoms with E-state index in [4.69, 9.17) is 0 Å². The Labute approximate surface area is 126 Å². The second-order valence-corrected chi connectivity index (χ2v) is 5.30. The van der Waals surface area contributed by atoms with Crippen LogP contribution in [-0.2, 0) is 9.53 Å². The van der Waals surface area contributed by atoms with Gasteiger partial charge in [0.2, 0.25) is 5.91 Å². The summed E-state index contributed by atoms with van der Waals surface area (Å²) in [5, 5.41) is 6.04. The van der Waals surface area contributed by atoms with Gasteiger partial charge in [0.25, 0.3) is 0 Å². The van der Waals surface area contributed by atoms with Gasteiger partial charge in [0, 0.05) is 18.7 Å². The average molecular weight is 292 g/mol. The lowest BCUT2D eigenvalue weighted by atomic mass is 10.1. The van der Waals surface area contributed by atoms with E-state index in [1.54, 1.807) is 24.3 Å². The van der Waals surface area contributed by atoms with Gasteiger partial charge in [-0.3, -0.25) is 4.79 Å². The predicted molar refractivity (Wildman–Crippen MR) is 83.4 cm³/mol. The molecule has 5 nitrogen and oxygen atoms in total. The molecule has 0 aliphatic rings. The molecule has 0 spiro atoms. The van der Waals surface area contributed by atoms with Crippen LogP contribution in [0.25, 0.3) is 0 Å². The highest BCUT2D eigenvalue weighted by molar-refractivity contribution is 5.93. The van der Waals surface area contributed by atoms with Crippen molar-refractivity contribution in [1.29, 1.82) is 0 Å². The molecule has 116 valence electrons. The lowest BCUT2D eigenvalue weighted by Crippen LogP contribution is -2.23. The van der Waals surface area contributed by atoms with E-state index in [1.807, 2.05) is 0 Å². The molecule has 0 aliphatic carbocycles. The molecular formula is C16H24N2O3. The van der Waals surface area contributed by atoms with E-state index in [-0.39, 0.29) is 11.9 Å². The fraction of sp³-hybridized carbons (Fsp3) is 0.500. The zero-order valence-electron chi connectivity index (χ0n) is 12.9. The van der Waals surface area contributed by atoms with Crippen LogP contribution in [0.4, 0.5) is 5.69 Å². The molecule has 0 saturated heterocycles. The lowest BCUT2D eigenvalue weighted by molar-refractivity contribution is -0.116. The number of carbonyl (C=O) groups is 2. The van der Waals surface area contributed by atoms with E-state index in [0.29, 0.717) is 30.1 Å².